The van der Waals surface area contributed by atoms with Gasteiger partial charge in [0.1, 0.15) is 13.7 Å². The highest BCUT2D eigenvalue weighted by Crippen LogP contribution is 2.27. The lowest BCUT2D eigenvalue weighted by molar-refractivity contribution is 0.534. The second-order valence-electron chi connectivity index (χ2n) is 6.82. The minimum absolute atomic E-state index is 0.205. The minimum Gasteiger partial charge on any atom is -0.369 e. The van der Waals surface area contributed by atoms with Crippen LogP contribution in [0.3, 0.4) is 0 Å². The zero-order valence-corrected chi connectivity index (χ0v) is 14.8. The quantitative estimate of drug-likeness (QED) is 0.615. The molecule has 0 radical (unpaired) electrons. The maximum absolute atomic E-state index is 6.02. The molecule has 116 valence electrons. The van der Waals surface area contributed by atoms with Crippen LogP contribution in [0.1, 0.15) is 19.4 Å². The Morgan fingerprint density at radius 1 is 1.09 bits per heavy atom. The van der Waals surface area contributed by atoms with Gasteiger partial charge in [-0.05, 0) is 38.1 Å². The summed E-state index contributed by atoms with van der Waals surface area (Å²) in [6, 6.07) is 7.95. The predicted octanol–water partition coefficient (Wildman–Crippen LogP) is 2.10. The molecule has 0 saturated heterocycles. The summed E-state index contributed by atoms with van der Waals surface area (Å²) < 4.78 is 0. The van der Waals surface area contributed by atoms with Crippen LogP contribution in [0.4, 0.5) is 5.69 Å². The number of hydrogen-bond acceptors (Lipinski definition) is 5. The summed E-state index contributed by atoms with van der Waals surface area (Å²) in [5.74, 6) is 3.79. The van der Waals surface area contributed by atoms with E-state index in [1.165, 1.54) is 0 Å². The molecule has 2 rings (SSSR count). The Morgan fingerprint density at radius 3 is 2.18 bits per heavy atom. The van der Waals surface area contributed by atoms with Crippen LogP contribution < -0.4 is 16.4 Å². The van der Waals surface area contributed by atoms with Gasteiger partial charge in [-0.2, -0.15) is 4.99 Å². The van der Waals surface area contributed by atoms with Crippen LogP contribution in [0.5, 0.6) is 0 Å². The fraction of sp³-hybridized carbons (Fsp3) is 0.375. The van der Waals surface area contributed by atoms with Crippen molar-refractivity contribution in [2.45, 2.75) is 39.2 Å². The molecule has 4 N–H and O–H groups in total. The predicted molar refractivity (Wildman–Crippen MR) is 96.5 cm³/mol. The molecule has 1 aromatic carbocycles. The van der Waals surface area contributed by atoms with Crippen molar-refractivity contribution in [3.8, 4) is 11.5 Å². The van der Waals surface area contributed by atoms with E-state index in [4.69, 9.17) is 11.5 Å². The molecule has 0 aliphatic carbocycles. The number of guanidine groups is 2. The monoisotopic (exact) mass is 313 g/mol. The molecular weight excluding hydrogens is 290 g/mol. The van der Waals surface area contributed by atoms with Gasteiger partial charge in [-0.15, -0.1) is 5.54 Å². The fourth-order valence-corrected chi connectivity index (χ4v) is 2.72. The highest BCUT2D eigenvalue weighted by molar-refractivity contribution is 6.83. The standard InChI is InChI=1S/C16H23N5Si/c1-16(2)20-14(17)19-15(18)21(16)13-8-6-12(7-9-13)10-11-22(3,4)5/h6-9H,1-5H3,(H4,17,18,19,20). The van der Waals surface area contributed by atoms with Crippen molar-refractivity contribution in [3.05, 3.63) is 29.8 Å². The van der Waals surface area contributed by atoms with Crippen LogP contribution in [0.2, 0.25) is 19.6 Å². The average molecular weight is 313 g/mol. The van der Waals surface area contributed by atoms with Crippen molar-refractivity contribution in [3.63, 3.8) is 0 Å². The summed E-state index contributed by atoms with van der Waals surface area (Å²) in [5.41, 5.74) is 16.4. The number of rotatable bonds is 1. The van der Waals surface area contributed by atoms with Crippen LogP contribution >= 0.6 is 0 Å². The Labute approximate surface area is 133 Å². The zero-order chi connectivity index (χ0) is 16.5. The van der Waals surface area contributed by atoms with Crippen LogP contribution in [-0.2, 0) is 0 Å². The number of benzene rings is 1. The van der Waals surface area contributed by atoms with E-state index in [9.17, 15) is 0 Å². The number of nitrogens with two attached hydrogens (primary N) is 2. The smallest absolute Gasteiger partial charge is 0.220 e. The third-order valence-electron chi connectivity index (χ3n) is 3.10. The molecule has 0 fully saturated rings. The molecular formula is C16H23N5Si. The summed E-state index contributed by atoms with van der Waals surface area (Å²) in [4.78, 5) is 10.3. The molecule has 1 aliphatic rings. The summed E-state index contributed by atoms with van der Waals surface area (Å²) in [5, 5.41) is 0. The molecule has 0 atom stereocenters. The van der Waals surface area contributed by atoms with E-state index in [0.717, 1.165) is 11.3 Å². The number of nitrogens with zero attached hydrogens (tertiary/aromatic N) is 3. The summed E-state index contributed by atoms with van der Waals surface area (Å²) in [6.07, 6.45) is 0. The van der Waals surface area contributed by atoms with Crippen molar-refractivity contribution < 1.29 is 0 Å². The molecule has 0 aromatic heterocycles. The Bertz CT molecular complexity index is 684. The van der Waals surface area contributed by atoms with Gasteiger partial charge in [-0.3, -0.25) is 4.90 Å². The highest BCUT2D eigenvalue weighted by Gasteiger charge is 2.32. The van der Waals surface area contributed by atoms with Crippen molar-refractivity contribution in [1.29, 1.82) is 0 Å². The van der Waals surface area contributed by atoms with Crippen LogP contribution in [-0.4, -0.2) is 25.7 Å². The van der Waals surface area contributed by atoms with Gasteiger partial charge in [0.2, 0.25) is 11.9 Å². The van der Waals surface area contributed by atoms with Crippen molar-refractivity contribution in [2.75, 3.05) is 4.90 Å². The molecule has 1 aliphatic heterocycles. The number of hydrogen-bond donors (Lipinski definition) is 2. The van der Waals surface area contributed by atoms with E-state index in [-0.39, 0.29) is 5.96 Å². The minimum atomic E-state index is -1.37. The first-order valence-corrected chi connectivity index (χ1v) is 10.7. The molecule has 0 amide bonds. The van der Waals surface area contributed by atoms with Gasteiger partial charge < -0.3 is 11.5 Å². The van der Waals surface area contributed by atoms with E-state index < -0.39 is 13.7 Å². The number of anilines is 1. The zero-order valence-electron chi connectivity index (χ0n) is 13.8. The van der Waals surface area contributed by atoms with Crippen molar-refractivity contribution in [1.82, 2.24) is 0 Å². The Kier molecular flexibility index (Phi) is 4.03. The first kappa shape index (κ1) is 16.1. The molecule has 0 saturated carbocycles. The highest BCUT2D eigenvalue weighted by atomic mass is 28.3. The SMILES string of the molecule is CC1(C)N=C(N)N=C(N)N1c1ccc(C#C[Si](C)(C)C)cc1. The van der Waals surface area contributed by atoms with Gasteiger partial charge in [0.05, 0.1) is 0 Å². The molecule has 1 heterocycles. The lowest BCUT2D eigenvalue weighted by Crippen LogP contribution is -2.54. The fourth-order valence-electron chi connectivity index (χ4n) is 2.20. The summed E-state index contributed by atoms with van der Waals surface area (Å²) >= 11 is 0. The molecule has 0 unspecified atom stereocenters. The number of aliphatic imine (C=N–C) groups is 2. The second kappa shape index (κ2) is 5.50. The Balaban J connectivity index is 2.31. The Morgan fingerprint density at radius 2 is 1.68 bits per heavy atom. The van der Waals surface area contributed by atoms with Crippen LogP contribution in [0, 0.1) is 11.5 Å². The first-order valence-electron chi connectivity index (χ1n) is 7.21. The van der Waals surface area contributed by atoms with E-state index in [0.29, 0.717) is 5.96 Å². The maximum atomic E-state index is 6.02. The summed E-state index contributed by atoms with van der Waals surface area (Å²) in [7, 11) is -1.37. The van der Waals surface area contributed by atoms with Gasteiger partial charge >= 0.3 is 0 Å². The van der Waals surface area contributed by atoms with E-state index in [2.05, 4.69) is 41.1 Å². The molecule has 22 heavy (non-hydrogen) atoms. The molecule has 5 nitrogen and oxygen atoms in total. The van der Waals surface area contributed by atoms with Crippen molar-refractivity contribution >= 4 is 25.7 Å². The van der Waals surface area contributed by atoms with Gasteiger partial charge in [0.25, 0.3) is 0 Å². The second-order valence-corrected chi connectivity index (χ2v) is 11.6. The van der Waals surface area contributed by atoms with Crippen LogP contribution in [0.25, 0.3) is 0 Å². The molecule has 0 bridgehead atoms. The van der Waals surface area contributed by atoms with E-state index in [1.807, 2.05) is 43.0 Å². The van der Waals surface area contributed by atoms with Gasteiger partial charge in [0, 0.05) is 11.3 Å². The molecule has 0 spiro atoms. The summed E-state index contributed by atoms with van der Waals surface area (Å²) in [6.45, 7) is 10.6. The average Bonchev–Trinajstić information content (AvgIpc) is 2.34. The van der Waals surface area contributed by atoms with E-state index >= 15 is 0 Å². The van der Waals surface area contributed by atoms with Gasteiger partial charge in [0.15, 0.2) is 0 Å². The lowest BCUT2D eigenvalue weighted by Gasteiger charge is -2.38. The Hall–Kier alpha value is -2.26. The van der Waals surface area contributed by atoms with Crippen molar-refractivity contribution in [2.24, 2.45) is 21.5 Å². The van der Waals surface area contributed by atoms with Gasteiger partial charge in [-0.1, -0.05) is 25.6 Å². The first-order chi connectivity index (χ1) is 10.1. The normalized spacial score (nSPS) is 17.2. The lowest BCUT2D eigenvalue weighted by atomic mass is 10.1. The molecule has 1 aromatic rings. The largest absolute Gasteiger partial charge is 0.369 e. The van der Waals surface area contributed by atoms with E-state index in [1.54, 1.807) is 0 Å². The van der Waals surface area contributed by atoms with Crippen LogP contribution in [0.15, 0.2) is 34.3 Å². The molecule has 6 heteroatoms. The maximum Gasteiger partial charge on any atom is 0.220 e. The third kappa shape index (κ3) is 3.68. The van der Waals surface area contributed by atoms with Gasteiger partial charge in [-0.25, -0.2) is 4.99 Å². The topological polar surface area (TPSA) is 80.0 Å². The third-order valence-corrected chi connectivity index (χ3v) is 3.98.